The fourth-order valence-electron chi connectivity index (χ4n) is 2.72. The lowest BCUT2D eigenvalue weighted by Gasteiger charge is -2.18. The van der Waals surface area contributed by atoms with E-state index in [1.165, 1.54) is 41.1 Å². The molecular formula is C18H16F2N4O3S. The molecule has 0 radical (unpaired) electrons. The molecule has 0 saturated carbocycles. The zero-order chi connectivity index (χ0) is 20.1. The fraction of sp³-hybridized carbons (Fsp3) is 0.333. The minimum Gasteiger partial charge on any atom is -0.488 e. The Labute approximate surface area is 163 Å². The van der Waals surface area contributed by atoms with Gasteiger partial charge in [-0.2, -0.15) is 5.26 Å². The normalized spacial score (nSPS) is 16.2. The van der Waals surface area contributed by atoms with E-state index in [1.807, 2.05) is 0 Å². The number of hydrogen-bond acceptors (Lipinski definition) is 6. The molecule has 1 aromatic carbocycles. The van der Waals surface area contributed by atoms with Gasteiger partial charge in [0.15, 0.2) is 0 Å². The third kappa shape index (κ3) is 4.48. The third-order valence-corrected chi connectivity index (χ3v) is 5.10. The summed E-state index contributed by atoms with van der Waals surface area (Å²) in [4.78, 5) is 30.4. The van der Waals surface area contributed by atoms with Gasteiger partial charge in [-0.1, -0.05) is 0 Å². The highest BCUT2D eigenvalue weighted by atomic mass is 32.2. The van der Waals surface area contributed by atoms with Gasteiger partial charge < -0.3 is 15.0 Å². The molecule has 1 saturated heterocycles. The lowest BCUT2D eigenvalue weighted by molar-refractivity contribution is -0.129. The number of benzene rings is 1. The van der Waals surface area contributed by atoms with Gasteiger partial charge in [0.2, 0.25) is 5.91 Å². The topological polar surface area (TPSA) is 95.3 Å². The number of nitriles is 1. The van der Waals surface area contributed by atoms with Gasteiger partial charge in [0.05, 0.1) is 29.6 Å². The van der Waals surface area contributed by atoms with Crippen LogP contribution in [0.15, 0.2) is 30.5 Å². The molecule has 2 heterocycles. The largest absolute Gasteiger partial charge is 0.488 e. The highest BCUT2D eigenvalue weighted by Crippen LogP contribution is 2.23. The van der Waals surface area contributed by atoms with E-state index >= 15 is 0 Å². The Balaban J connectivity index is 1.73. The van der Waals surface area contributed by atoms with Gasteiger partial charge in [-0.3, -0.25) is 14.6 Å². The number of fused-ring (bicyclic) bond motifs is 1. The summed E-state index contributed by atoms with van der Waals surface area (Å²) in [6.45, 7) is -1.00. The molecule has 7 nitrogen and oxygen atoms in total. The van der Waals surface area contributed by atoms with Crippen LogP contribution in [0.1, 0.15) is 10.4 Å². The van der Waals surface area contributed by atoms with E-state index in [-0.39, 0.29) is 23.8 Å². The molecule has 0 bridgehead atoms. The van der Waals surface area contributed by atoms with Gasteiger partial charge in [-0.15, -0.1) is 11.8 Å². The Morgan fingerprint density at radius 3 is 3.00 bits per heavy atom. The van der Waals surface area contributed by atoms with Crippen molar-refractivity contribution >= 4 is 34.5 Å². The van der Waals surface area contributed by atoms with Gasteiger partial charge in [0.1, 0.15) is 18.4 Å². The first-order chi connectivity index (χ1) is 13.5. The average Bonchev–Trinajstić information content (AvgIpc) is 3.18. The van der Waals surface area contributed by atoms with Gasteiger partial charge in [-0.25, -0.2) is 8.78 Å². The Kier molecular flexibility index (Phi) is 6.26. The van der Waals surface area contributed by atoms with Crippen molar-refractivity contribution in [2.75, 3.05) is 24.8 Å². The molecule has 0 spiro atoms. The van der Waals surface area contributed by atoms with Crippen LogP contribution >= 0.6 is 11.8 Å². The first-order valence-electron chi connectivity index (χ1n) is 8.34. The van der Waals surface area contributed by atoms with Crippen molar-refractivity contribution in [1.29, 1.82) is 5.26 Å². The Morgan fingerprint density at radius 1 is 1.43 bits per heavy atom. The maximum Gasteiger partial charge on any atom is 0.272 e. The summed E-state index contributed by atoms with van der Waals surface area (Å²) in [5.74, 6) is 0.302. The molecule has 0 aliphatic carbocycles. The number of carbonyl (C=O) groups is 2. The van der Waals surface area contributed by atoms with Gasteiger partial charge in [-0.05, 0) is 24.3 Å². The number of carbonyl (C=O) groups excluding carboxylic acids is 2. The first-order valence-corrected chi connectivity index (χ1v) is 9.50. The minimum absolute atomic E-state index is 0.192. The molecule has 2 amide bonds. The number of rotatable bonds is 6. The molecule has 1 aromatic heterocycles. The molecule has 1 atom stereocenters. The lowest BCUT2D eigenvalue weighted by atomic mass is 10.1. The van der Waals surface area contributed by atoms with E-state index in [0.717, 1.165) is 0 Å². The second kappa shape index (κ2) is 8.84. The number of pyridine rings is 1. The van der Waals surface area contributed by atoms with E-state index < -0.39 is 25.0 Å². The van der Waals surface area contributed by atoms with Crippen LogP contribution in [0.5, 0.6) is 5.75 Å². The number of halogens is 2. The van der Waals surface area contributed by atoms with Crippen LogP contribution in [0.4, 0.5) is 8.78 Å². The van der Waals surface area contributed by atoms with Crippen molar-refractivity contribution in [3.05, 3.63) is 36.0 Å². The van der Waals surface area contributed by atoms with Crippen molar-refractivity contribution in [2.24, 2.45) is 0 Å². The van der Waals surface area contributed by atoms with E-state index in [1.54, 1.807) is 6.07 Å². The monoisotopic (exact) mass is 406 g/mol. The van der Waals surface area contributed by atoms with Crippen molar-refractivity contribution in [3.63, 3.8) is 0 Å². The van der Waals surface area contributed by atoms with Crippen LogP contribution in [-0.4, -0.2) is 58.9 Å². The number of aromatic nitrogens is 1. The number of amides is 2. The molecule has 1 unspecified atom stereocenters. The predicted molar refractivity (Wildman–Crippen MR) is 99.1 cm³/mol. The number of hydrogen-bond donors (Lipinski definition) is 1. The number of thioether (sulfide) groups is 1. The van der Waals surface area contributed by atoms with Crippen LogP contribution < -0.4 is 10.1 Å². The van der Waals surface area contributed by atoms with Crippen LogP contribution in [0.2, 0.25) is 0 Å². The van der Waals surface area contributed by atoms with Gasteiger partial charge in [0, 0.05) is 17.3 Å². The number of alkyl halides is 2. The molecule has 1 fully saturated rings. The molecule has 146 valence electrons. The quantitative estimate of drug-likeness (QED) is 0.789. The molecule has 28 heavy (non-hydrogen) atoms. The highest BCUT2D eigenvalue weighted by Gasteiger charge is 2.29. The SMILES string of the molecule is N#CC1CSCN1C(=O)CNC(=O)c1ccnc2ccc(OCC(F)F)cc12. The maximum absolute atomic E-state index is 12.6. The van der Waals surface area contributed by atoms with Crippen LogP contribution in [-0.2, 0) is 4.79 Å². The second-order valence-electron chi connectivity index (χ2n) is 5.93. The lowest BCUT2D eigenvalue weighted by Crippen LogP contribution is -2.42. The Bertz CT molecular complexity index is 935. The van der Waals surface area contributed by atoms with Crippen molar-refractivity contribution in [1.82, 2.24) is 15.2 Å². The predicted octanol–water partition coefficient (Wildman–Crippen LogP) is 2.03. The maximum atomic E-state index is 12.6. The van der Waals surface area contributed by atoms with E-state index in [4.69, 9.17) is 10.00 Å². The summed E-state index contributed by atoms with van der Waals surface area (Å²) in [6, 6.07) is 7.57. The molecular weight excluding hydrogens is 390 g/mol. The molecule has 1 aliphatic heterocycles. The summed E-state index contributed by atoms with van der Waals surface area (Å²) >= 11 is 1.48. The van der Waals surface area contributed by atoms with E-state index in [0.29, 0.717) is 22.5 Å². The van der Waals surface area contributed by atoms with Crippen LogP contribution in [0, 0.1) is 11.3 Å². The molecule has 10 heteroatoms. The molecule has 3 rings (SSSR count). The zero-order valence-electron chi connectivity index (χ0n) is 14.6. The summed E-state index contributed by atoms with van der Waals surface area (Å²) in [5.41, 5.74) is 0.733. The highest BCUT2D eigenvalue weighted by molar-refractivity contribution is 7.99. The van der Waals surface area contributed by atoms with Crippen LogP contribution in [0.25, 0.3) is 10.9 Å². The second-order valence-corrected chi connectivity index (χ2v) is 6.93. The smallest absolute Gasteiger partial charge is 0.272 e. The van der Waals surface area contributed by atoms with E-state index in [9.17, 15) is 18.4 Å². The van der Waals surface area contributed by atoms with Crippen molar-refractivity contribution in [2.45, 2.75) is 12.5 Å². The fourth-order valence-corrected chi connectivity index (χ4v) is 3.82. The molecule has 1 N–H and O–H groups in total. The third-order valence-electron chi connectivity index (χ3n) is 4.09. The zero-order valence-corrected chi connectivity index (χ0v) is 15.4. The summed E-state index contributed by atoms with van der Waals surface area (Å²) < 4.78 is 29.7. The number of nitrogens with zero attached hydrogens (tertiary/aromatic N) is 3. The Hall–Kier alpha value is -2.93. The van der Waals surface area contributed by atoms with Crippen LogP contribution in [0.3, 0.4) is 0 Å². The standard InChI is InChI=1S/C18H16F2N4O3S/c19-16(20)8-27-12-1-2-15-14(5-12)13(3-4-22-15)18(26)23-7-17(25)24-10-28-9-11(24)6-21/h1-5,11,16H,7-10H2,(H,23,26). The molecule has 1 aliphatic rings. The average molecular weight is 406 g/mol. The number of nitrogens with one attached hydrogen (secondary N) is 1. The first kappa shape index (κ1) is 19.8. The number of ether oxygens (including phenoxy) is 1. The molecule has 2 aromatic rings. The summed E-state index contributed by atoms with van der Waals surface area (Å²) in [5, 5.41) is 12.0. The van der Waals surface area contributed by atoms with Crippen molar-refractivity contribution < 1.29 is 23.1 Å². The summed E-state index contributed by atoms with van der Waals surface area (Å²) in [6.07, 6.45) is -1.17. The van der Waals surface area contributed by atoms with Crippen molar-refractivity contribution in [3.8, 4) is 11.8 Å². The summed E-state index contributed by atoms with van der Waals surface area (Å²) in [7, 11) is 0. The minimum atomic E-state index is -2.61. The Morgan fingerprint density at radius 2 is 2.25 bits per heavy atom. The van der Waals surface area contributed by atoms with E-state index in [2.05, 4.69) is 16.4 Å². The van der Waals surface area contributed by atoms with Gasteiger partial charge in [0.25, 0.3) is 12.3 Å². The van der Waals surface area contributed by atoms with Gasteiger partial charge >= 0.3 is 0 Å².